The van der Waals surface area contributed by atoms with E-state index in [1.807, 2.05) is 17.0 Å². The molecule has 170 valence electrons. The zero-order chi connectivity index (χ0) is 22.7. The molecule has 7 heteroatoms. The molecule has 6 nitrogen and oxygen atoms in total. The molecule has 0 aliphatic carbocycles. The molecule has 0 spiro atoms. The molecule has 0 saturated carbocycles. The first kappa shape index (κ1) is 22.1. The summed E-state index contributed by atoms with van der Waals surface area (Å²) in [4.78, 5) is 30.2. The van der Waals surface area contributed by atoms with Crippen LogP contribution in [0.25, 0.3) is 0 Å². The van der Waals surface area contributed by atoms with Gasteiger partial charge < -0.3 is 19.3 Å². The highest BCUT2D eigenvalue weighted by atomic mass is 19.1. The van der Waals surface area contributed by atoms with E-state index >= 15 is 0 Å². The van der Waals surface area contributed by atoms with Gasteiger partial charge in [0, 0.05) is 37.7 Å². The van der Waals surface area contributed by atoms with Crippen LogP contribution >= 0.6 is 0 Å². The number of carbonyl (C=O) groups excluding carboxylic acids is 2. The Balaban J connectivity index is 1.69. The number of halogens is 1. The van der Waals surface area contributed by atoms with Gasteiger partial charge in [-0.05, 0) is 49.6 Å². The second-order valence-corrected chi connectivity index (χ2v) is 8.40. The lowest BCUT2D eigenvalue weighted by Crippen LogP contribution is -2.42. The lowest BCUT2D eigenvalue weighted by atomic mass is 9.86. The van der Waals surface area contributed by atoms with Gasteiger partial charge in [-0.2, -0.15) is 0 Å². The molecule has 2 atom stereocenters. The molecule has 0 radical (unpaired) electrons. The third-order valence-corrected chi connectivity index (χ3v) is 6.53. The van der Waals surface area contributed by atoms with E-state index in [0.29, 0.717) is 18.0 Å². The molecule has 0 N–H and O–H groups in total. The van der Waals surface area contributed by atoms with Crippen LogP contribution in [-0.4, -0.2) is 62.0 Å². The predicted octanol–water partition coefficient (Wildman–Crippen LogP) is 3.71. The minimum absolute atomic E-state index is 0.0231. The molecule has 32 heavy (non-hydrogen) atoms. The Morgan fingerprint density at radius 2 is 1.69 bits per heavy atom. The van der Waals surface area contributed by atoms with Crippen molar-refractivity contribution in [1.29, 1.82) is 0 Å². The molecule has 2 aromatic rings. The monoisotopic (exact) mass is 440 g/mol. The van der Waals surface area contributed by atoms with Crippen molar-refractivity contribution in [1.82, 2.24) is 9.80 Å². The van der Waals surface area contributed by atoms with E-state index in [1.54, 1.807) is 37.3 Å². The highest BCUT2D eigenvalue weighted by molar-refractivity contribution is 5.95. The fraction of sp³-hybridized carbons (Fsp3) is 0.440. The zero-order valence-corrected chi connectivity index (χ0v) is 18.6. The third kappa shape index (κ3) is 4.29. The van der Waals surface area contributed by atoms with Gasteiger partial charge in [-0.1, -0.05) is 12.1 Å². The van der Waals surface area contributed by atoms with Gasteiger partial charge in [0.2, 0.25) is 5.91 Å². The van der Waals surface area contributed by atoms with Gasteiger partial charge in [0.1, 0.15) is 17.3 Å². The van der Waals surface area contributed by atoms with E-state index in [4.69, 9.17) is 9.47 Å². The number of methoxy groups -OCH3 is 2. The average Bonchev–Trinajstić information content (AvgIpc) is 3.29. The number of hydrogen-bond donors (Lipinski definition) is 0. The molecule has 2 aromatic carbocycles. The van der Waals surface area contributed by atoms with Crippen molar-refractivity contribution in [2.45, 2.75) is 25.2 Å². The second-order valence-electron chi connectivity index (χ2n) is 8.40. The largest absolute Gasteiger partial charge is 0.497 e. The van der Waals surface area contributed by atoms with Crippen LogP contribution in [0.1, 0.15) is 41.1 Å². The highest BCUT2D eigenvalue weighted by Crippen LogP contribution is 2.41. The number of likely N-dealkylation sites (tertiary alicyclic amines) is 2. The fourth-order valence-corrected chi connectivity index (χ4v) is 4.82. The summed E-state index contributed by atoms with van der Waals surface area (Å²) in [5.41, 5.74) is 0.848. The molecule has 2 fully saturated rings. The maximum atomic E-state index is 14.3. The smallest absolute Gasteiger partial charge is 0.256 e. The highest BCUT2D eigenvalue weighted by Gasteiger charge is 2.43. The van der Waals surface area contributed by atoms with Crippen LogP contribution in [0.15, 0.2) is 42.5 Å². The summed E-state index contributed by atoms with van der Waals surface area (Å²) < 4.78 is 25.3. The van der Waals surface area contributed by atoms with Crippen LogP contribution < -0.4 is 9.47 Å². The van der Waals surface area contributed by atoms with Crippen LogP contribution in [0.4, 0.5) is 4.39 Å². The van der Waals surface area contributed by atoms with Crippen LogP contribution in [-0.2, 0) is 4.79 Å². The number of hydrogen-bond acceptors (Lipinski definition) is 4. The van der Waals surface area contributed by atoms with Gasteiger partial charge in [0.05, 0.1) is 25.7 Å². The Morgan fingerprint density at radius 1 is 0.938 bits per heavy atom. The summed E-state index contributed by atoms with van der Waals surface area (Å²) in [6.07, 6.45) is 3.10. The van der Waals surface area contributed by atoms with E-state index in [9.17, 15) is 14.0 Å². The van der Waals surface area contributed by atoms with Crippen molar-refractivity contribution >= 4 is 11.8 Å². The Bertz CT molecular complexity index is 990. The van der Waals surface area contributed by atoms with Crippen LogP contribution in [0.3, 0.4) is 0 Å². The normalized spacial score (nSPS) is 20.8. The molecule has 2 heterocycles. The van der Waals surface area contributed by atoms with E-state index in [0.717, 1.165) is 37.9 Å². The Morgan fingerprint density at radius 3 is 2.38 bits per heavy atom. The fourth-order valence-electron chi connectivity index (χ4n) is 4.82. The first-order valence-electron chi connectivity index (χ1n) is 11.1. The number of piperidine rings is 1. The van der Waals surface area contributed by atoms with Gasteiger partial charge in [-0.25, -0.2) is 4.39 Å². The summed E-state index contributed by atoms with van der Waals surface area (Å²) in [6.45, 7) is 2.02. The number of rotatable bonds is 5. The lowest BCUT2D eigenvalue weighted by Gasteiger charge is -2.31. The third-order valence-electron chi connectivity index (χ3n) is 6.53. The molecule has 2 amide bonds. The molecule has 0 unspecified atom stereocenters. The standard InChI is InChI=1S/C25H29FN2O4/c1-31-17-10-11-23(32-2)19(14-17)20-15-28(24(29)18-8-4-5-9-22(18)26)16-21(20)25(30)27-12-6-3-7-13-27/h4-5,8-11,14,20-21H,3,6-7,12-13,15-16H2,1-2H3/t20-,21+/m1/s1. The molecule has 2 aliphatic rings. The average molecular weight is 441 g/mol. The van der Waals surface area contributed by atoms with Crippen molar-refractivity contribution in [2.24, 2.45) is 5.92 Å². The minimum atomic E-state index is -0.557. The summed E-state index contributed by atoms with van der Waals surface area (Å²) in [5.74, 6) is -0.308. The van der Waals surface area contributed by atoms with E-state index in [2.05, 4.69) is 0 Å². The van der Waals surface area contributed by atoms with Gasteiger partial charge in [-0.3, -0.25) is 9.59 Å². The van der Waals surface area contributed by atoms with Crippen LogP contribution in [0, 0.1) is 11.7 Å². The molecule has 2 aliphatic heterocycles. The maximum Gasteiger partial charge on any atom is 0.256 e. The Labute approximate surface area is 187 Å². The molecule has 0 aromatic heterocycles. The minimum Gasteiger partial charge on any atom is -0.497 e. The first-order chi connectivity index (χ1) is 15.5. The SMILES string of the molecule is COc1ccc(OC)c([C@H]2CN(C(=O)c3ccccc3F)C[C@@H]2C(=O)N2CCCCC2)c1. The second kappa shape index (κ2) is 9.59. The molecular weight excluding hydrogens is 411 g/mol. The number of carbonyl (C=O) groups is 2. The Hall–Kier alpha value is -3.09. The van der Waals surface area contributed by atoms with Gasteiger partial charge in [0.15, 0.2) is 0 Å². The zero-order valence-electron chi connectivity index (χ0n) is 18.6. The van der Waals surface area contributed by atoms with Crippen molar-refractivity contribution in [2.75, 3.05) is 40.4 Å². The lowest BCUT2D eigenvalue weighted by molar-refractivity contribution is -0.136. The van der Waals surface area contributed by atoms with Crippen molar-refractivity contribution < 1.29 is 23.5 Å². The first-order valence-corrected chi connectivity index (χ1v) is 11.1. The summed E-state index contributed by atoms with van der Waals surface area (Å²) >= 11 is 0. The molecule has 2 saturated heterocycles. The molecular formula is C25H29FN2O4. The van der Waals surface area contributed by atoms with Crippen molar-refractivity contribution in [3.8, 4) is 11.5 Å². The topological polar surface area (TPSA) is 59.1 Å². The van der Waals surface area contributed by atoms with Crippen molar-refractivity contribution in [3.05, 3.63) is 59.4 Å². The van der Waals surface area contributed by atoms with E-state index in [1.165, 1.54) is 12.1 Å². The number of amides is 2. The number of ether oxygens (including phenoxy) is 2. The predicted molar refractivity (Wildman–Crippen MR) is 119 cm³/mol. The van der Waals surface area contributed by atoms with Crippen LogP contribution in [0.2, 0.25) is 0 Å². The van der Waals surface area contributed by atoms with Gasteiger partial charge in [0.25, 0.3) is 5.91 Å². The number of nitrogens with zero attached hydrogens (tertiary/aromatic N) is 2. The number of benzene rings is 2. The van der Waals surface area contributed by atoms with E-state index < -0.39 is 17.6 Å². The van der Waals surface area contributed by atoms with Crippen molar-refractivity contribution in [3.63, 3.8) is 0 Å². The maximum absolute atomic E-state index is 14.3. The van der Waals surface area contributed by atoms with Gasteiger partial charge >= 0.3 is 0 Å². The Kier molecular flexibility index (Phi) is 6.63. The summed E-state index contributed by atoms with van der Waals surface area (Å²) in [6, 6.07) is 11.5. The quantitative estimate of drug-likeness (QED) is 0.711. The summed E-state index contributed by atoms with van der Waals surface area (Å²) in [7, 11) is 3.18. The van der Waals surface area contributed by atoms with Crippen LogP contribution in [0.5, 0.6) is 11.5 Å². The van der Waals surface area contributed by atoms with Gasteiger partial charge in [-0.15, -0.1) is 0 Å². The summed E-state index contributed by atoms with van der Waals surface area (Å²) in [5, 5.41) is 0. The molecule has 4 rings (SSSR count). The van der Waals surface area contributed by atoms with E-state index in [-0.39, 0.29) is 23.9 Å². The molecule has 0 bridgehead atoms.